The summed E-state index contributed by atoms with van der Waals surface area (Å²) in [6.07, 6.45) is 0. The second-order valence-corrected chi connectivity index (χ2v) is 6.17. The Morgan fingerprint density at radius 1 is 1.10 bits per heavy atom. The smallest absolute Gasteiger partial charge is 0.267 e. The van der Waals surface area contributed by atoms with E-state index in [9.17, 15) is 23.2 Å². The SMILES string of the molecule is CNC(=O)C1=NCNC1(C(N)=O)c1ccc(NC(=O)c2cccc(F)c2F)cc1. The van der Waals surface area contributed by atoms with Gasteiger partial charge in [0.1, 0.15) is 5.71 Å². The summed E-state index contributed by atoms with van der Waals surface area (Å²) in [5, 5.41) is 7.68. The van der Waals surface area contributed by atoms with Crippen LogP contribution in [0.15, 0.2) is 47.5 Å². The molecule has 1 atom stereocenters. The lowest BCUT2D eigenvalue weighted by Crippen LogP contribution is -2.58. The third-order valence-corrected chi connectivity index (χ3v) is 4.52. The van der Waals surface area contributed by atoms with Gasteiger partial charge in [0.05, 0.1) is 12.2 Å². The molecule has 0 fully saturated rings. The van der Waals surface area contributed by atoms with Gasteiger partial charge in [-0.25, -0.2) is 8.78 Å². The van der Waals surface area contributed by atoms with Crippen molar-refractivity contribution >= 4 is 29.1 Å². The minimum Gasteiger partial charge on any atom is -0.367 e. The van der Waals surface area contributed by atoms with Crippen LogP contribution in [0.5, 0.6) is 0 Å². The number of nitrogens with zero attached hydrogens (tertiary/aromatic N) is 1. The van der Waals surface area contributed by atoms with Gasteiger partial charge < -0.3 is 16.4 Å². The average Bonchev–Trinajstić information content (AvgIpc) is 3.16. The molecular formula is C19H17F2N5O3. The van der Waals surface area contributed by atoms with Gasteiger partial charge in [0.2, 0.25) is 5.91 Å². The van der Waals surface area contributed by atoms with Gasteiger partial charge in [-0.15, -0.1) is 0 Å². The van der Waals surface area contributed by atoms with E-state index in [0.717, 1.165) is 12.1 Å². The number of anilines is 1. The fourth-order valence-electron chi connectivity index (χ4n) is 3.07. The first kappa shape index (κ1) is 20.1. The van der Waals surface area contributed by atoms with Crippen LogP contribution in [-0.2, 0) is 15.1 Å². The Hall–Kier alpha value is -3.66. The second-order valence-electron chi connectivity index (χ2n) is 6.17. The number of rotatable bonds is 5. The Morgan fingerprint density at radius 2 is 1.79 bits per heavy atom. The highest BCUT2D eigenvalue weighted by Crippen LogP contribution is 2.28. The molecule has 2 aromatic rings. The van der Waals surface area contributed by atoms with Crippen LogP contribution in [0.1, 0.15) is 15.9 Å². The third kappa shape index (κ3) is 3.45. The van der Waals surface area contributed by atoms with E-state index in [0.29, 0.717) is 5.56 Å². The lowest BCUT2D eigenvalue weighted by Gasteiger charge is -2.27. The van der Waals surface area contributed by atoms with E-state index in [1.165, 1.54) is 37.4 Å². The quantitative estimate of drug-likeness (QED) is 0.587. The molecular weight excluding hydrogens is 384 g/mol. The van der Waals surface area contributed by atoms with E-state index in [2.05, 4.69) is 20.9 Å². The molecule has 0 aromatic heterocycles. The summed E-state index contributed by atoms with van der Waals surface area (Å²) in [5.74, 6) is -4.62. The van der Waals surface area contributed by atoms with Gasteiger partial charge in [-0.3, -0.25) is 24.7 Å². The number of carbonyl (C=O) groups is 3. The zero-order valence-corrected chi connectivity index (χ0v) is 15.3. The largest absolute Gasteiger partial charge is 0.367 e. The Morgan fingerprint density at radius 3 is 2.41 bits per heavy atom. The van der Waals surface area contributed by atoms with Gasteiger partial charge in [0.25, 0.3) is 11.8 Å². The molecule has 5 N–H and O–H groups in total. The van der Waals surface area contributed by atoms with Crippen molar-refractivity contribution in [3.63, 3.8) is 0 Å². The molecule has 0 bridgehead atoms. The molecule has 0 spiro atoms. The molecule has 0 saturated heterocycles. The van der Waals surface area contributed by atoms with Crippen molar-refractivity contribution in [1.82, 2.24) is 10.6 Å². The van der Waals surface area contributed by atoms with Crippen LogP contribution in [0, 0.1) is 11.6 Å². The van der Waals surface area contributed by atoms with Gasteiger partial charge in [-0.05, 0) is 29.8 Å². The van der Waals surface area contributed by atoms with Crippen LogP contribution in [-0.4, -0.2) is 37.1 Å². The van der Waals surface area contributed by atoms with Crippen LogP contribution in [0.25, 0.3) is 0 Å². The fraction of sp³-hybridized carbons (Fsp3) is 0.158. The summed E-state index contributed by atoms with van der Waals surface area (Å²) in [5.41, 5.74) is 4.00. The number of amides is 3. The molecule has 0 aliphatic carbocycles. The lowest BCUT2D eigenvalue weighted by molar-refractivity contribution is -0.123. The Balaban J connectivity index is 1.88. The maximum atomic E-state index is 13.8. The van der Waals surface area contributed by atoms with Gasteiger partial charge in [-0.1, -0.05) is 18.2 Å². The zero-order valence-electron chi connectivity index (χ0n) is 15.3. The maximum Gasteiger partial charge on any atom is 0.267 e. The fourth-order valence-corrected chi connectivity index (χ4v) is 3.07. The number of hydrogen-bond donors (Lipinski definition) is 4. The summed E-state index contributed by atoms with van der Waals surface area (Å²) in [6, 6.07) is 9.10. The Kier molecular flexibility index (Phi) is 5.37. The number of aliphatic imine (C=N–C) groups is 1. The van der Waals surface area contributed by atoms with Gasteiger partial charge >= 0.3 is 0 Å². The highest BCUT2D eigenvalue weighted by Gasteiger charge is 2.49. The number of nitrogens with one attached hydrogen (secondary N) is 3. The summed E-state index contributed by atoms with van der Waals surface area (Å²) in [6.45, 7) is 0.0169. The molecule has 2 aromatic carbocycles. The van der Waals surface area contributed by atoms with Gasteiger partial charge in [0, 0.05) is 12.7 Å². The standard InChI is InChI=1S/C19H17F2N5O3/c1-23-17(28)15-19(18(22)29,25-9-24-15)10-5-7-11(8-6-10)26-16(27)12-3-2-4-13(20)14(12)21/h2-8,25H,9H2,1H3,(H2,22,29)(H,23,28)(H,26,27). The summed E-state index contributed by atoms with van der Waals surface area (Å²) in [4.78, 5) is 40.6. The van der Waals surface area contributed by atoms with Crippen LogP contribution >= 0.6 is 0 Å². The van der Waals surface area contributed by atoms with Crippen molar-refractivity contribution in [2.45, 2.75) is 5.54 Å². The van der Waals surface area contributed by atoms with E-state index < -0.39 is 40.5 Å². The van der Waals surface area contributed by atoms with E-state index in [1.54, 1.807) is 0 Å². The minimum atomic E-state index is -1.63. The number of carbonyl (C=O) groups excluding carboxylic acids is 3. The molecule has 1 aliphatic heterocycles. The number of benzene rings is 2. The summed E-state index contributed by atoms with van der Waals surface area (Å²) in [7, 11) is 1.40. The molecule has 1 heterocycles. The molecule has 1 unspecified atom stereocenters. The van der Waals surface area contributed by atoms with Crippen molar-refractivity contribution in [3.8, 4) is 0 Å². The molecule has 1 aliphatic rings. The van der Waals surface area contributed by atoms with Crippen molar-refractivity contribution < 1.29 is 23.2 Å². The number of nitrogens with two attached hydrogens (primary N) is 1. The third-order valence-electron chi connectivity index (χ3n) is 4.52. The van der Waals surface area contributed by atoms with E-state index in [-0.39, 0.29) is 18.1 Å². The molecule has 0 saturated carbocycles. The normalized spacial score (nSPS) is 18.1. The molecule has 0 radical (unpaired) electrons. The van der Waals surface area contributed by atoms with Crippen molar-refractivity contribution in [2.75, 3.05) is 19.0 Å². The van der Waals surface area contributed by atoms with E-state index in [1.807, 2.05) is 0 Å². The molecule has 150 valence electrons. The van der Waals surface area contributed by atoms with Crippen molar-refractivity contribution in [1.29, 1.82) is 0 Å². The topological polar surface area (TPSA) is 126 Å². The second kappa shape index (κ2) is 7.76. The molecule has 10 heteroatoms. The average molecular weight is 401 g/mol. The maximum absolute atomic E-state index is 13.8. The molecule has 29 heavy (non-hydrogen) atoms. The van der Waals surface area contributed by atoms with Crippen molar-refractivity contribution in [2.24, 2.45) is 10.7 Å². The Labute approximate surface area is 164 Å². The first-order valence-corrected chi connectivity index (χ1v) is 8.49. The van der Waals surface area contributed by atoms with Crippen LogP contribution in [0.4, 0.5) is 14.5 Å². The minimum absolute atomic E-state index is 0.0169. The molecule has 3 rings (SSSR count). The first-order chi connectivity index (χ1) is 13.8. The zero-order chi connectivity index (χ0) is 21.2. The Bertz CT molecular complexity index is 1020. The summed E-state index contributed by atoms with van der Waals surface area (Å²) >= 11 is 0. The highest BCUT2D eigenvalue weighted by atomic mass is 19.2. The van der Waals surface area contributed by atoms with Crippen LogP contribution in [0.2, 0.25) is 0 Å². The number of primary amides is 1. The molecule has 3 amide bonds. The van der Waals surface area contributed by atoms with Gasteiger partial charge in [0.15, 0.2) is 17.2 Å². The lowest BCUT2D eigenvalue weighted by atomic mass is 9.84. The predicted molar refractivity (Wildman–Crippen MR) is 101 cm³/mol. The number of halogens is 2. The van der Waals surface area contributed by atoms with Crippen LogP contribution in [0.3, 0.4) is 0 Å². The van der Waals surface area contributed by atoms with Crippen LogP contribution < -0.4 is 21.7 Å². The van der Waals surface area contributed by atoms with E-state index >= 15 is 0 Å². The molecule has 8 nitrogen and oxygen atoms in total. The van der Waals surface area contributed by atoms with E-state index in [4.69, 9.17) is 5.73 Å². The van der Waals surface area contributed by atoms with Crippen molar-refractivity contribution in [3.05, 3.63) is 65.2 Å². The predicted octanol–water partition coefficient (Wildman–Crippen LogP) is 0.645. The monoisotopic (exact) mass is 401 g/mol. The first-order valence-electron chi connectivity index (χ1n) is 8.49. The number of hydrogen-bond acceptors (Lipinski definition) is 5. The summed E-state index contributed by atoms with van der Waals surface area (Å²) < 4.78 is 27.1. The highest BCUT2D eigenvalue weighted by molar-refractivity contribution is 6.47. The van der Waals surface area contributed by atoms with Gasteiger partial charge in [-0.2, -0.15) is 0 Å².